The van der Waals surface area contributed by atoms with E-state index in [1.807, 2.05) is 13.8 Å². The van der Waals surface area contributed by atoms with E-state index in [2.05, 4.69) is 5.32 Å². The molecule has 5 nitrogen and oxygen atoms in total. The van der Waals surface area contributed by atoms with E-state index in [9.17, 15) is 14.7 Å². The molecular formula is C15H19Cl2NO4. The molecule has 1 aromatic carbocycles. The number of ether oxygens (including phenoxy) is 1. The average Bonchev–Trinajstić information content (AvgIpc) is 2.42. The average molecular weight is 348 g/mol. The molecule has 0 aliphatic carbocycles. The first-order valence-corrected chi connectivity index (χ1v) is 7.59. The fraction of sp³-hybridized carbons (Fsp3) is 0.467. The van der Waals surface area contributed by atoms with Crippen LogP contribution in [0.25, 0.3) is 0 Å². The molecule has 22 heavy (non-hydrogen) atoms. The Kier molecular flexibility index (Phi) is 6.97. The van der Waals surface area contributed by atoms with Crippen LogP contribution in [0.5, 0.6) is 5.75 Å². The molecule has 0 radical (unpaired) electrons. The number of phenolic OH excluding ortho intramolecular Hbond substituents is 1. The maximum absolute atomic E-state index is 11.9. The van der Waals surface area contributed by atoms with E-state index in [4.69, 9.17) is 27.9 Å². The zero-order chi connectivity index (χ0) is 16.9. The minimum Gasteiger partial charge on any atom is -0.508 e. The molecule has 1 aromatic rings. The van der Waals surface area contributed by atoms with Crippen molar-refractivity contribution in [1.29, 1.82) is 0 Å². The Hall–Kier alpha value is -1.46. The third-order valence-corrected chi connectivity index (χ3v) is 3.55. The van der Waals surface area contributed by atoms with Crippen LogP contribution in [0.15, 0.2) is 12.1 Å². The van der Waals surface area contributed by atoms with Crippen molar-refractivity contribution < 1.29 is 19.4 Å². The summed E-state index contributed by atoms with van der Waals surface area (Å²) < 4.78 is 5.02. The smallest absolute Gasteiger partial charge is 0.318 e. The summed E-state index contributed by atoms with van der Waals surface area (Å²) in [4.78, 5) is 23.7. The van der Waals surface area contributed by atoms with Gasteiger partial charge in [-0.3, -0.25) is 9.59 Å². The van der Waals surface area contributed by atoms with Gasteiger partial charge in [0.25, 0.3) is 0 Å². The van der Waals surface area contributed by atoms with Gasteiger partial charge in [-0.05, 0) is 25.0 Å². The molecule has 7 heteroatoms. The molecular weight excluding hydrogens is 329 g/mol. The Bertz CT molecular complexity index is 537. The maximum Gasteiger partial charge on any atom is 0.318 e. The van der Waals surface area contributed by atoms with E-state index in [-0.39, 0.29) is 34.9 Å². The quantitative estimate of drug-likeness (QED) is 0.612. The monoisotopic (exact) mass is 347 g/mol. The lowest BCUT2D eigenvalue weighted by molar-refractivity contribution is -0.152. The van der Waals surface area contributed by atoms with Gasteiger partial charge in [0.05, 0.1) is 16.7 Å². The Balaban J connectivity index is 2.61. The number of carbonyl (C=O) groups is 2. The molecule has 0 saturated carbocycles. The second-order valence-corrected chi connectivity index (χ2v) is 6.17. The predicted octanol–water partition coefficient (Wildman–Crippen LogP) is 3.15. The molecule has 0 aromatic heterocycles. The van der Waals surface area contributed by atoms with Gasteiger partial charge < -0.3 is 15.2 Å². The summed E-state index contributed by atoms with van der Waals surface area (Å²) in [6, 6.07) is 2.66. The molecule has 0 heterocycles. The Morgan fingerprint density at radius 3 is 2.27 bits per heavy atom. The summed E-state index contributed by atoms with van der Waals surface area (Å²) in [6.45, 7) is 5.61. The van der Waals surface area contributed by atoms with Gasteiger partial charge in [0.15, 0.2) is 0 Å². The van der Waals surface area contributed by atoms with Crippen LogP contribution < -0.4 is 5.32 Å². The van der Waals surface area contributed by atoms with Crippen molar-refractivity contribution in [3.63, 3.8) is 0 Å². The molecule has 0 saturated heterocycles. The number of aromatic hydroxyl groups is 1. The highest BCUT2D eigenvalue weighted by molar-refractivity contribution is 6.36. The maximum atomic E-state index is 11.9. The second kappa shape index (κ2) is 8.25. The van der Waals surface area contributed by atoms with Crippen molar-refractivity contribution in [3.05, 3.63) is 27.7 Å². The van der Waals surface area contributed by atoms with Crippen LogP contribution in [0.2, 0.25) is 10.0 Å². The molecule has 0 spiro atoms. The normalized spacial score (nSPS) is 12.1. The van der Waals surface area contributed by atoms with Crippen molar-refractivity contribution in [3.8, 4) is 5.75 Å². The molecule has 0 fully saturated rings. The molecule has 1 atom stereocenters. The molecule has 1 rings (SSSR count). The fourth-order valence-electron chi connectivity index (χ4n) is 1.57. The zero-order valence-electron chi connectivity index (χ0n) is 12.7. The predicted molar refractivity (Wildman–Crippen MR) is 84.9 cm³/mol. The number of esters is 1. The summed E-state index contributed by atoms with van der Waals surface area (Å²) in [7, 11) is 0. The van der Waals surface area contributed by atoms with Crippen molar-refractivity contribution in [1.82, 2.24) is 5.32 Å². The number of hydrogen-bond acceptors (Lipinski definition) is 4. The molecule has 1 amide bonds. The Morgan fingerprint density at radius 1 is 1.23 bits per heavy atom. The van der Waals surface area contributed by atoms with Gasteiger partial charge in [-0.1, -0.05) is 37.0 Å². The number of rotatable bonds is 6. The van der Waals surface area contributed by atoms with E-state index in [0.29, 0.717) is 5.56 Å². The first-order chi connectivity index (χ1) is 10.2. The summed E-state index contributed by atoms with van der Waals surface area (Å²) in [5.74, 6) is -1.83. The van der Waals surface area contributed by atoms with Gasteiger partial charge in [-0.25, -0.2) is 0 Å². The zero-order valence-corrected chi connectivity index (χ0v) is 14.2. The van der Waals surface area contributed by atoms with E-state index in [1.165, 1.54) is 19.1 Å². The van der Waals surface area contributed by atoms with Crippen LogP contribution in [0.3, 0.4) is 0 Å². The summed E-state index contributed by atoms with van der Waals surface area (Å²) in [6.07, 6.45) is 0. The lowest BCUT2D eigenvalue weighted by atomic mass is 10.1. The molecule has 2 N–H and O–H groups in total. The second-order valence-electron chi connectivity index (χ2n) is 5.35. The van der Waals surface area contributed by atoms with E-state index in [1.54, 1.807) is 0 Å². The minimum atomic E-state index is -0.923. The summed E-state index contributed by atoms with van der Waals surface area (Å²) in [5, 5.41) is 12.4. The molecule has 0 bridgehead atoms. The van der Waals surface area contributed by atoms with Gasteiger partial charge in [0, 0.05) is 12.1 Å². The highest BCUT2D eigenvalue weighted by atomic mass is 35.5. The number of carbonyl (C=O) groups excluding carboxylic acids is 2. The first kappa shape index (κ1) is 18.6. The van der Waals surface area contributed by atoms with Crippen LogP contribution in [0.1, 0.15) is 26.3 Å². The Morgan fingerprint density at radius 2 is 1.77 bits per heavy atom. The van der Waals surface area contributed by atoms with Crippen LogP contribution in [-0.4, -0.2) is 23.6 Å². The van der Waals surface area contributed by atoms with E-state index < -0.39 is 17.8 Å². The number of amides is 1. The standard InChI is InChI=1S/C15H19Cl2NO4/c1-8(2)7-22-15(21)9(3)14(20)18-6-11-12(16)4-10(19)5-13(11)17/h4-5,8-9,19H,6-7H2,1-3H3,(H,18,20)/t9-/m1/s1. The number of hydrogen-bond donors (Lipinski definition) is 2. The molecule has 0 unspecified atom stereocenters. The summed E-state index contributed by atoms with van der Waals surface area (Å²) >= 11 is 11.9. The number of nitrogens with one attached hydrogen (secondary N) is 1. The number of halogens is 2. The van der Waals surface area contributed by atoms with Crippen molar-refractivity contribution in [2.45, 2.75) is 27.3 Å². The summed E-state index contributed by atoms with van der Waals surface area (Å²) in [5.41, 5.74) is 0.470. The van der Waals surface area contributed by atoms with Gasteiger partial charge >= 0.3 is 5.97 Å². The molecule has 0 aliphatic heterocycles. The topological polar surface area (TPSA) is 75.6 Å². The van der Waals surface area contributed by atoms with Gasteiger partial charge in [-0.15, -0.1) is 0 Å². The SMILES string of the molecule is CC(C)COC(=O)[C@H](C)C(=O)NCc1c(Cl)cc(O)cc1Cl. The molecule has 122 valence electrons. The van der Waals surface area contributed by atoms with Crippen molar-refractivity contribution in [2.75, 3.05) is 6.61 Å². The highest BCUT2D eigenvalue weighted by Gasteiger charge is 2.23. The number of benzene rings is 1. The van der Waals surface area contributed by atoms with Crippen molar-refractivity contribution >= 4 is 35.1 Å². The van der Waals surface area contributed by atoms with E-state index >= 15 is 0 Å². The van der Waals surface area contributed by atoms with Gasteiger partial charge in [0.2, 0.25) is 5.91 Å². The first-order valence-electron chi connectivity index (χ1n) is 6.83. The van der Waals surface area contributed by atoms with Gasteiger partial charge in [0.1, 0.15) is 11.7 Å². The largest absolute Gasteiger partial charge is 0.508 e. The highest BCUT2D eigenvalue weighted by Crippen LogP contribution is 2.29. The third-order valence-electron chi connectivity index (χ3n) is 2.87. The lowest BCUT2D eigenvalue weighted by Gasteiger charge is -2.14. The van der Waals surface area contributed by atoms with Crippen LogP contribution in [0, 0.1) is 11.8 Å². The lowest BCUT2D eigenvalue weighted by Crippen LogP contribution is -2.34. The van der Waals surface area contributed by atoms with Crippen LogP contribution in [-0.2, 0) is 20.9 Å². The molecule has 0 aliphatic rings. The van der Waals surface area contributed by atoms with Crippen molar-refractivity contribution in [2.24, 2.45) is 11.8 Å². The minimum absolute atomic E-state index is 0.0541. The van der Waals surface area contributed by atoms with Gasteiger partial charge in [-0.2, -0.15) is 0 Å². The fourth-order valence-corrected chi connectivity index (χ4v) is 2.18. The third kappa shape index (κ3) is 5.39. The van der Waals surface area contributed by atoms with E-state index in [0.717, 1.165) is 0 Å². The van der Waals surface area contributed by atoms with Crippen LogP contribution in [0.4, 0.5) is 0 Å². The van der Waals surface area contributed by atoms with Crippen LogP contribution >= 0.6 is 23.2 Å². The number of phenols is 1. The Labute approximate surface area is 139 Å².